The number of nitrogens with zero attached hydrogens (tertiary/aromatic N) is 2. The first kappa shape index (κ1) is 15.8. The van der Waals surface area contributed by atoms with Gasteiger partial charge in [0.1, 0.15) is 0 Å². The molecule has 1 N–H and O–H groups in total. The Labute approximate surface area is 126 Å². The fourth-order valence-corrected chi connectivity index (χ4v) is 2.17. The number of aryl methyl sites for hydroxylation is 2. The molecule has 116 valence electrons. The first-order chi connectivity index (χ1) is 10.1. The summed E-state index contributed by atoms with van der Waals surface area (Å²) in [6.07, 6.45) is 6.89. The van der Waals surface area contributed by atoms with Crippen LogP contribution < -0.4 is 5.32 Å². The molecule has 1 saturated carbocycles. The number of ether oxygens (including phenoxy) is 1. The Bertz CT molecular complexity index is 516. The van der Waals surface area contributed by atoms with Crippen LogP contribution in [-0.4, -0.2) is 35.4 Å². The number of carbonyl (C=O) groups excluding carboxylic acids is 1. The van der Waals surface area contributed by atoms with Crippen LogP contribution in [0.1, 0.15) is 36.2 Å². The number of rotatable bonds is 8. The summed E-state index contributed by atoms with van der Waals surface area (Å²) in [7, 11) is 1.90. The lowest BCUT2D eigenvalue weighted by Gasteiger charge is -2.03. The molecule has 0 spiro atoms. The van der Waals surface area contributed by atoms with Crippen LogP contribution in [0.15, 0.2) is 6.08 Å². The molecule has 0 bridgehead atoms. The van der Waals surface area contributed by atoms with E-state index in [9.17, 15) is 4.79 Å². The highest BCUT2D eigenvalue weighted by Crippen LogP contribution is 2.28. The van der Waals surface area contributed by atoms with Gasteiger partial charge in [0.05, 0.1) is 5.69 Å². The van der Waals surface area contributed by atoms with Crippen molar-refractivity contribution in [1.82, 2.24) is 15.1 Å². The van der Waals surface area contributed by atoms with E-state index in [4.69, 9.17) is 4.74 Å². The maximum Gasteiger partial charge on any atom is 0.244 e. The Morgan fingerprint density at radius 3 is 2.86 bits per heavy atom. The zero-order chi connectivity index (χ0) is 15.2. The Morgan fingerprint density at radius 1 is 1.48 bits per heavy atom. The van der Waals surface area contributed by atoms with Gasteiger partial charge in [-0.15, -0.1) is 0 Å². The smallest absolute Gasteiger partial charge is 0.244 e. The van der Waals surface area contributed by atoms with Crippen molar-refractivity contribution in [3.05, 3.63) is 23.0 Å². The molecule has 1 heterocycles. The second-order valence-electron chi connectivity index (χ2n) is 5.70. The molecule has 21 heavy (non-hydrogen) atoms. The van der Waals surface area contributed by atoms with Crippen molar-refractivity contribution in [1.29, 1.82) is 0 Å². The molecule has 0 saturated heterocycles. The van der Waals surface area contributed by atoms with Gasteiger partial charge in [-0.2, -0.15) is 5.10 Å². The topological polar surface area (TPSA) is 56.2 Å². The molecule has 0 atom stereocenters. The number of hydrogen-bond acceptors (Lipinski definition) is 3. The fourth-order valence-electron chi connectivity index (χ4n) is 2.17. The van der Waals surface area contributed by atoms with Crippen LogP contribution in [0.4, 0.5) is 0 Å². The zero-order valence-corrected chi connectivity index (χ0v) is 13.2. The fraction of sp³-hybridized carbons (Fsp3) is 0.625. The molecule has 1 aromatic rings. The predicted octanol–water partition coefficient (Wildman–Crippen LogP) is 1.98. The van der Waals surface area contributed by atoms with Gasteiger partial charge in [-0.3, -0.25) is 9.48 Å². The van der Waals surface area contributed by atoms with Crippen LogP contribution >= 0.6 is 0 Å². The van der Waals surface area contributed by atoms with E-state index in [-0.39, 0.29) is 5.91 Å². The molecule has 0 aromatic carbocycles. The molecule has 5 heteroatoms. The van der Waals surface area contributed by atoms with Crippen LogP contribution in [0, 0.1) is 19.8 Å². The number of aromatic nitrogens is 2. The van der Waals surface area contributed by atoms with Gasteiger partial charge < -0.3 is 10.1 Å². The van der Waals surface area contributed by atoms with Gasteiger partial charge in [-0.1, -0.05) is 0 Å². The molecule has 1 aromatic heterocycles. The maximum atomic E-state index is 11.7. The van der Waals surface area contributed by atoms with Crippen molar-refractivity contribution in [2.75, 3.05) is 19.8 Å². The summed E-state index contributed by atoms with van der Waals surface area (Å²) >= 11 is 0. The number of carbonyl (C=O) groups is 1. The third-order valence-electron chi connectivity index (χ3n) is 3.78. The van der Waals surface area contributed by atoms with Gasteiger partial charge in [-0.25, -0.2) is 0 Å². The zero-order valence-electron chi connectivity index (χ0n) is 13.2. The molecule has 1 fully saturated rings. The average Bonchev–Trinajstić information content (AvgIpc) is 3.22. The van der Waals surface area contributed by atoms with Gasteiger partial charge in [0.25, 0.3) is 0 Å². The van der Waals surface area contributed by atoms with E-state index in [0.29, 0.717) is 6.54 Å². The molecule has 5 nitrogen and oxygen atoms in total. The maximum absolute atomic E-state index is 11.7. The second-order valence-corrected chi connectivity index (χ2v) is 5.70. The van der Waals surface area contributed by atoms with E-state index >= 15 is 0 Å². The Balaban J connectivity index is 1.65. The van der Waals surface area contributed by atoms with Gasteiger partial charge in [0.15, 0.2) is 0 Å². The quantitative estimate of drug-likeness (QED) is 0.588. The van der Waals surface area contributed by atoms with Crippen molar-refractivity contribution < 1.29 is 9.53 Å². The van der Waals surface area contributed by atoms with E-state index in [2.05, 4.69) is 10.4 Å². The monoisotopic (exact) mass is 291 g/mol. The molecular weight excluding hydrogens is 266 g/mol. The summed E-state index contributed by atoms with van der Waals surface area (Å²) in [5.41, 5.74) is 3.01. The molecule has 0 aliphatic heterocycles. The molecule has 1 amide bonds. The molecule has 1 aliphatic rings. The molecule has 2 rings (SSSR count). The predicted molar refractivity (Wildman–Crippen MR) is 82.9 cm³/mol. The van der Waals surface area contributed by atoms with E-state index in [0.717, 1.165) is 42.5 Å². The minimum Gasteiger partial charge on any atom is -0.381 e. The van der Waals surface area contributed by atoms with Crippen LogP contribution in [0.5, 0.6) is 0 Å². The number of amides is 1. The van der Waals surface area contributed by atoms with Crippen molar-refractivity contribution in [3.63, 3.8) is 0 Å². The highest BCUT2D eigenvalue weighted by Gasteiger charge is 2.20. The summed E-state index contributed by atoms with van der Waals surface area (Å²) in [5.74, 6) is 0.730. The highest BCUT2D eigenvalue weighted by molar-refractivity contribution is 5.91. The SMILES string of the molecule is Cc1nn(C)c(C)c1/C=C/C(=O)NCCCOCC1CC1. The lowest BCUT2D eigenvalue weighted by atomic mass is 10.2. The van der Waals surface area contributed by atoms with Crippen molar-refractivity contribution in [2.24, 2.45) is 13.0 Å². The normalized spacial score (nSPS) is 14.8. The van der Waals surface area contributed by atoms with E-state index in [1.54, 1.807) is 6.08 Å². The number of hydrogen-bond donors (Lipinski definition) is 1. The van der Waals surface area contributed by atoms with Crippen LogP contribution in [0.3, 0.4) is 0 Å². The van der Waals surface area contributed by atoms with Crippen LogP contribution in [0.25, 0.3) is 6.08 Å². The standard InChI is InChI=1S/C16H25N3O2/c1-12-15(13(2)19(3)18-12)7-8-16(20)17-9-4-10-21-11-14-5-6-14/h7-8,14H,4-6,9-11H2,1-3H3,(H,17,20)/b8-7+. The summed E-state index contributed by atoms with van der Waals surface area (Å²) in [5, 5.41) is 7.19. The van der Waals surface area contributed by atoms with Crippen molar-refractivity contribution in [2.45, 2.75) is 33.1 Å². The average molecular weight is 291 g/mol. The third kappa shape index (κ3) is 5.01. The molecule has 1 aliphatic carbocycles. The Kier molecular flexibility index (Phi) is 5.56. The summed E-state index contributed by atoms with van der Waals surface area (Å²) in [6.45, 7) is 6.20. The summed E-state index contributed by atoms with van der Waals surface area (Å²) < 4.78 is 7.35. The first-order valence-electron chi connectivity index (χ1n) is 7.61. The minimum atomic E-state index is -0.0696. The Morgan fingerprint density at radius 2 is 2.24 bits per heavy atom. The van der Waals surface area contributed by atoms with E-state index in [1.165, 1.54) is 12.8 Å². The summed E-state index contributed by atoms with van der Waals surface area (Å²) in [4.78, 5) is 11.7. The highest BCUT2D eigenvalue weighted by atomic mass is 16.5. The molecular formula is C16H25N3O2. The first-order valence-corrected chi connectivity index (χ1v) is 7.61. The van der Waals surface area contributed by atoms with Gasteiger partial charge in [0.2, 0.25) is 5.91 Å². The molecule has 0 unspecified atom stereocenters. The number of nitrogens with one attached hydrogen (secondary N) is 1. The van der Waals surface area contributed by atoms with Crippen LogP contribution in [-0.2, 0) is 16.6 Å². The lowest BCUT2D eigenvalue weighted by molar-refractivity contribution is -0.116. The van der Waals surface area contributed by atoms with Gasteiger partial charge in [0, 0.05) is 44.1 Å². The molecule has 0 radical (unpaired) electrons. The van der Waals surface area contributed by atoms with E-state index in [1.807, 2.05) is 31.7 Å². The Hall–Kier alpha value is -1.62. The minimum absolute atomic E-state index is 0.0696. The summed E-state index contributed by atoms with van der Waals surface area (Å²) in [6, 6.07) is 0. The van der Waals surface area contributed by atoms with Crippen molar-refractivity contribution in [3.8, 4) is 0 Å². The van der Waals surface area contributed by atoms with E-state index < -0.39 is 0 Å². The lowest BCUT2D eigenvalue weighted by Crippen LogP contribution is -2.23. The van der Waals surface area contributed by atoms with Gasteiger partial charge in [-0.05, 0) is 45.1 Å². The third-order valence-corrected chi connectivity index (χ3v) is 3.78. The van der Waals surface area contributed by atoms with Crippen molar-refractivity contribution >= 4 is 12.0 Å². The second kappa shape index (κ2) is 7.41. The van der Waals surface area contributed by atoms with Gasteiger partial charge >= 0.3 is 0 Å². The van der Waals surface area contributed by atoms with Crippen LogP contribution in [0.2, 0.25) is 0 Å². The largest absolute Gasteiger partial charge is 0.381 e.